The van der Waals surface area contributed by atoms with Crippen molar-refractivity contribution in [3.63, 3.8) is 0 Å². The first-order valence-corrected chi connectivity index (χ1v) is 10.2. The van der Waals surface area contributed by atoms with E-state index in [9.17, 15) is 4.79 Å². The summed E-state index contributed by atoms with van der Waals surface area (Å²) in [6.07, 6.45) is 2.88. The summed E-state index contributed by atoms with van der Waals surface area (Å²) < 4.78 is 23.5. The summed E-state index contributed by atoms with van der Waals surface area (Å²) in [6.45, 7) is 8.21. The van der Waals surface area contributed by atoms with Crippen molar-refractivity contribution in [1.29, 1.82) is 0 Å². The summed E-state index contributed by atoms with van der Waals surface area (Å²) >= 11 is 0. The molecule has 7 nitrogen and oxygen atoms in total. The Bertz CT molecular complexity index is 583. The maximum Gasteiger partial charge on any atom is 0.308 e. The molecule has 4 heterocycles. The average molecular weight is 384 g/mol. The van der Waals surface area contributed by atoms with E-state index in [0.29, 0.717) is 11.8 Å². The van der Waals surface area contributed by atoms with Crippen molar-refractivity contribution in [3.05, 3.63) is 0 Å². The molecule has 0 aromatic carbocycles. The first kappa shape index (κ1) is 19.6. The number of rotatable bonds is 4. The van der Waals surface area contributed by atoms with Gasteiger partial charge in [0.15, 0.2) is 18.2 Å². The highest BCUT2D eigenvalue weighted by molar-refractivity contribution is 5.69. The molecule has 0 amide bonds. The van der Waals surface area contributed by atoms with Gasteiger partial charge in [-0.3, -0.25) is 4.79 Å². The van der Waals surface area contributed by atoms with Gasteiger partial charge in [-0.25, -0.2) is 9.78 Å². The maximum atomic E-state index is 11.6. The zero-order chi connectivity index (χ0) is 19.4. The van der Waals surface area contributed by atoms with Crippen LogP contribution < -0.4 is 0 Å². The number of ether oxygens (including phenoxy) is 4. The second-order valence-electron chi connectivity index (χ2n) is 9.00. The molecule has 5 fully saturated rings. The van der Waals surface area contributed by atoms with Crippen molar-refractivity contribution in [1.82, 2.24) is 0 Å². The van der Waals surface area contributed by atoms with Crippen LogP contribution in [0, 0.1) is 23.7 Å². The van der Waals surface area contributed by atoms with E-state index in [1.165, 1.54) is 7.11 Å². The third-order valence-electron chi connectivity index (χ3n) is 7.15. The highest BCUT2D eigenvalue weighted by Gasteiger charge is 2.69. The number of hydrogen-bond acceptors (Lipinski definition) is 7. The van der Waals surface area contributed by atoms with Gasteiger partial charge in [0.1, 0.15) is 0 Å². The number of carbonyl (C=O) groups is 1. The van der Waals surface area contributed by atoms with Crippen molar-refractivity contribution < 1.29 is 33.5 Å². The molecule has 0 unspecified atom stereocenters. The zero-order valence-electron chi connectivity index (χ0n) is 16.9. The molecule has 4 saturated heterocycles. The lowest BCUT2D eigenvalue weighted by molar-refractivity contribution is -0.578. The molecule has 0 N–H and O–H groups in total. The molecule has 5 aliphatic rings. The number of esters is 1. The van der Waals surface area contributed by atoms with Crippen molar-refractivity contribution in [2.75, 3.05) is 7.11 Å². The number of methoxy groups -OCH3 is 1. The molecule has 0 aromatic rings. The van der Waals surface area contributed by atoms with Crippen LogP contribution in [0.25, 0.3) is 0 Å². The molecule has 5 rings (SSSR count). The largest absolute Gasteiger partial charge is 0.469 e. The van der Waals surface area contributed by atoms with Gasteiger partial charge in [0, 0.05) is 18.3 Å². The van der Waals surface area contributed by atoms with Crippen molar-refractivity contribution in [2.24, 2.45) is 23.7 Å². The molecular weight excluding hydrogens is 352 g/mol. The third-order valence-corrected chi connectivity index (χ3v) is 7.15. The van der Waals surface area contributed by atoms with E-state index in [1.54, 1.807) is 0 Å². The molecule has 0 radical (unpaired) electrons. The Morgan fingerprint density at radius 1 is 1.19 bits per heavy atom. The van der Waals surface area contributed by atoms with Gasteiger partial charge < -0.3 is 18.9 Å². The second-order valence-corrected chi connectivity index (χ2v) is 9.00. The van der Waals surface area contributed by atoms with Crippen molar-refractivity contribution in [3.8, 4) is 0 Å². The highest BCUT2D eigenvalue weighted by atomic mass is 17.3. The minimum atomic E-state index is -0.791. The lowest BCUT2D eigenvalue weighted by atomic mass is 9.58. The van der Waals surface area contributed by atoms with Crippen LogP contribution in [0.15, 0.2) is 0 Å². The lowest BCUT2D eigenvalue weighted by Crippen LogP contribution is -2.70. The summed E-state index contributed by atoms with van der Waals surface area (Å²) in [6, 6.07) is 0. The molecule has 9 atom stereocenters. The predicted octanol–water partition coefficient (Wildman–Crippen LogP) is 3.16. The van der Waals surface area contributed by atoms with Crippen molar-refractivity contribution in [2.45, 2.75) is 89.9 Å². The second kappa shape index (κ2) is 6.95. The van der Waals surface area contributed by atoms with Gasteiger partial charge in [-0.15, -0.1) is 0 Å². The maximum absolute atomic E-state index is 11.6. The Morgan fingerprint density at radius 2 is 1.96 bits per heavy atom. The van der Waals surface area contributed by atoms with Crippen LogP contribution in [0.4, 0.5) is 0 Å². The molecule has 1 aliphatic carbocycles. The van der Waals surface area contributed by atoms with Crippen molar-refractivity contribution >= 4 is 5.97 Å². The fraction of sp³-hybridized carbons (Fsp3) is 0.950. The normalized spacial score (nSPS) is 49.8. The number of fused-ring (bicyclic) bond motifs is 2. The monoisotopic (exact) mass is 384 g/mol. The Kier molecular flexibility index (Phi) is 5.04. The first-order valence-electron chi connectivity index (χ1n) is 10.2. The minimum absolute atomic E-state index is 0.103. The fourth-order valence-corrected chi connectivity index (χ4v) is 5.62. The summed E-state index contributed by atoms with van der Waals surface area (Å²) in [4.78, 5) is 23.5. The highest BCUT2D eigenvalue weighted by Crippen LogP contribution is 2.60. The molecule has 154 valence electrons. The van der Waals surface area contributed by atoms with Gasteiger partial charge in [-0.1, -0.05) is 13.8 Å². The quantitative estimate of drug-likeness (QED) is 0.544. The van der Waals surface area contributed by atoms with Crippen LogP contribution in [-0.2, 0) is 33.5 Å². The number of hydrogen-bond donors (Lipinski definition) is 0. The Hall–Kier alpha value is -0.730. The van der Waals surface area contributed by atoms with Gasteiger partial charge in [-0.05, 0) is 44.9 Å². The van der Waals surface area contributed by atoms with E-state index < -0.39 is 24.0 Å². The molecule has 4 aliphatic heterocycles. The van der Waals surface area contributed by atoms with E-state index in [2.05, 4.69) is 13.8 Å². The Balaban J connectivity index is 1.59. The summed E-state index contributed by atoms with van der Waals surface area (Å²) in [5.74, 6) is 0.106. The van der Waals surface area contributed by atoms with Crippen LogP contribution >= 0.6 is 0 Å². The minimum Gasteiger partial charge on any atom is -0.469 e. The molecule has 1 saturated carbocycles. The SMILES string of the molecule is COC(=O)C[C@@H](C)O[C@H]1O[C@@H]2O[C@@]3(C)CC[C@H]4[C@H](C)CC[C@@H]([C@H]1C)[C@@]24OO3. The van der Waals surface area contributed by atoms with Gasteiger partial charge in [0.2, 0.25) is 5.79 Å². The molecule has 1 spiro atoms. The molecule has 2 bridgehead atoms. The third kappa shape index (κ3) is 3.12. The van der Waals surface area contributed by atoms with Crippen LogP contribution in [0.3, 0.4) is 0 Å². The van der Waals surface area contributed by atoms with E-state index >= 15 is 0 Å². The van der Waals surface area contributed by atoms with Gasteiger partial charge >= 0.3 is 5.97 Å². The van der Waals surface area contributed by atoms with Crippen LogP contribution in [-0.4, -0.2) is 43.2 Å². The topological polar surface area (TPSA) is 72.5 Å². The zero-order valence-corrected chi connectivity index (χ0v) is 16.9. The van der Waals surface area contributed by atoms with Crippen LogP contribution in [0.5, 0.6) is 0 Å². The standard InChI is InChI=1S/C20H32O7/c1-11-6-7-15-13(3)17(23-12(2)10-16(21)22-5)24-18-20(15)14(11)8-9-19(4,25-18)26-27-20/h11-15,17-18H,6-10H2,1-5H3/t11-,12-,13-,14+,15+,17+,18-,19-,20-/m1/s1. The van der Waals surface area contributed by atoms with Crippen LogP contribution in [0.2, 0.25) is 0 Å². The van der Waals surface area contributed by atoms with E-state index in [-0.39, 0.29) is 30.3 Å². The summed E-state index contributed by atoms with van der Waals surface area (Å²) in [7, 11) is 1.38. The lowest BCUT2D eigenvalue weighted by Gasteiger charge is -2.60. The van der Waals surface area contributed by atoms with E-state index in [0.717, 1.165) is 25.7 Å². The van der Waals surface area contributed by atoms with Gasteiger partial charge in [0.25, 0.3) is 0 Å². The number of carbonyl (C=O) groups excluding carboxylic acids is 1. The average Bonchev–Trinajstić information content (AvgIpc) is 2.85. The van der Waals surface area contributed by atoms with Gasteiger partial charge in [-0.2, -0.15) is 0 Å². The molecular formula is C20H32O7. The molecule has 27 heavy (non-hydrogen) atoms. The Labute approximate surface area is 160 Å². The predicted molar refractivity (Wildman–Crippen MR) is 94.0 cm³/mol. The van der Waals surface area contributed by atoms with Crippen LogP contribution in [0.1, 0.15) is 59.8 Å². The summed E-state index contributed by atoms with van der Waals surface area (Å²) in [5.41, 5.74) is -0.585. The van der Waals surface area contributed by atoms with Gasteiger partial charge in [0.05, 0.1) is 19.6 Å². The van der Waals surface area contributed by atoms with E-state index in [4.69, 9.17) is 28.7 Å². The first-order chi connectivity index (χ1) is 12.8. The molecule has 7 heteroatoms. The fourth-order valence-electron chi connectivity index (χ4n) is 5.62. The van der Waals surface area contributed by atoms with E-state index in [1.807, 2.05) is 13.8 Å². The molecule has 0 aromatic heterocycles. The summed E-state index contributed by atoms with van der Waals surface area (Å²) in [5, 5.41) is 0. The Morgan fingerprint density at radius 3 is 2.70 bits per heavy atom. The smallest absolute Gasteiger partial charge is 0.308 e.